The molecule has 8 heteroatoms. The summed E-state index contributed by atoms with van der Waals surface area (Å²) in [7, 11) is 0. The highest BCUT2D eigenvalue weighted by Gasteiger charge is 2.30. The maximum atomic E-state index is 12.6. The van der Waals surface area contributed by atoms with Gasteiger partial charge < -0.3 is 19.2 Å². The fourth-order valence-corrected chi connectivity index (χ4v) is 3.31. The van der Waals surface area contributed by atoms with Crippen molar-refractivity contribution in [2.24, 2.45) is 0 Å². The van der Waals surface area contributed by atoms with Crippen LogP contribution in [0.2, 0.25) is 0 Å². The van der Waals surface area contributed by atoms with E-state index in [0.29, 0.717) is 30.6 Å². The Kier molecular flexibility index (Phi) is 5.39. The van der Waals surface area contributed by atoms with Gasteiger partial charge in [-0.1, -0.05) is 0 Å². The van der Waals surface area contributed by atoms with Gasteiger partial charge in [-0.05, 0) is 39.7 Å². The number of piperidine rings is 1. The van der Waals surface area contributed by atoms with Crippen LogP contribution >= 0.6 is 0 Å². The van der Waals surface area contributed by atoms with Gasteiger partial charge >= 0.3 is 0 Å². The summed E-state index contributed by atoms with van der Waals surface area (Å²) in [4.78, 5) is 26.5. The van der Waals surface area contributed by atoms with Gasteiger partial charge in [0.2, 0.25) is 5.91 Å². The molecule has 1 saturated heterocycles. The van der Waals surface area contributed by atoms with Gasteiger partial charge in [0.25, 0.3) is 5.91 Å². The number of furan rings is 1. The highest BCUT2D eigenvalue weighted by atomic mass is 16.3. The number of amides is 2. The van der Waals surface area contributed by atoms with Gasteiger partial charge in [-0.3, -0.25) is 9.59 Å². The van der Waals surface area contributed by atoms with Crippen molar-refractivity contribution >= 4 is 11.8 Å². The fourth-order valence-electron chi connectivity index (χ4n) is 3.31. The van der Waals surface area contributed by atoms with Crippen LogP contribution in [0.3, 0.4) is 0 Å². The molecule has 1 N–H and O–H groups in total. The Morgan fingerprint density at radius 3 is 2.62 bits per heavy atom. The first-order chi connectivity index (χ1) is 12.5. The minimum atomic E-state index is -0.576. The number of nitrogens with one attached hydrogen (secondary N) is 1. The van der Waals surface area contributed by atoms with Crippen LogP contribution in [0.4, 0.5) is 0 Å². The van der Waals surface area contributed by atoms with Gasteiger partial charge in [-0.2, -0.15) is 0 Å². The molecular formula is C18H25N5O3. The number of nitrogens with zero attached hydrogens (tertiary/aromatic N) is 4. The van der Waals surface area contributed by atoms with Crippen molar-refractivity contribution < 1.29 is 14.0 Å². The summed E-state index contributed by atoms with van der Waals surface area (Å²) in [6.45, 7) is 7.23. The van der Waals surface area contributed by atoms with Crippen molar-refractivity contribution in [1.82, 2.24) is 25.0 Å². The van der Waals surface area contributed by atoms with Gasteiger partial charge in [0.15, 0.2) is 0 Å². The smallest absolute Gasteiger partial charge is 0.255 e. The fraction of sp³-hybridized carbons (Fsp3) is 0.556. The minimum absolute atomic E-state index is 0.0642. The summed E-state index contributed by atoms with van der Waals surface area (Å²) in [5.74, 6) is 0.929. The Balaban J connectivity index is 1.54. The van der Waals surface area contributed by atoms with Gasteiger partial charge in [-0.25, -0.2) is 0 Å². The van der Waals surface area contributed by atoms with E-state index in [2.05, 4.69) is 33.9 Å². The summed E-state index contributed by atoms with van der Waals surface area (Å²) >= 11 is 0. The molecule has 140 valence electrons. The highest BCUT2D eigenvalue weighted by Crippen LogP contribution is 2.28. The second-order valence-corrected chi connectivity index (χ2v) is 7.00. The minimum Gasteiger partial charge on any atom is -0.472 e. The number of hydrogen-bond acceptors (Lipinski definition) is 5. The molecule has 1 aliphatic rings. The summed E-state index contributed by atoms with van der Waals surface area (Å²) in [5, 5.41) is 11.0. The van der Waals surface area contributed by atoms with E-state index in [1.165, 1.54) is 12.5 Å². The Hall–Kier alpha value is -2.64. The highest BCUT2D eigenvalue weighted by molar-refractivity contribution is 5.97. The summed E-state index contributed by atoms with van der Waals surface area (Å²) in [6, 6.07) is 1.31. The lowest BCUT2D eigenvalue weighted by molar-refractivity contribution is -0.133. The number of rotatable bonds is 5. The van der Waals surface area contributed by atoms with E-state index in [1.807, 2.05) is 4.90 Å². The third-order valence-electron chi connectivity index (χ3n) is 4.83. The second-order valence-electron chi connectivity index (χ2n) is 7.00. The first-order valence-electron chi connectivity index (χ1n) is 8.98. The maximum Gasteiger partial charge on any atom is 0.255 e. The van der Waals surface area contributed by atoms with Crippen LogP contribution in [0.15, 0.2) is 29.3 Å². The Bertz CT molecular complexity index is 745. The van der Waals surface area contributed by atoms with Crippen LogP contribution in [0.1, 0.15) is 61.8 Å². The van der Waals surface area contributed by atoms with Crippen LogP contribution in [0.25, 0.3) is 0 Å². The Morgan fingerprint density at radius 2 is 2.00 bits per heavy atom. The van der Waals surface area contributed by atoms with Crippen LogP contribution in [0.5, 0.6) is 0 Å². The number of aromatic nitrogens is 3. The zero-order valence-corrected chi connectivity index (χ0v) is 15.4. The van der Waals surface area contributed by atoms with Crippen LogP contribution in [-0.2, 0) is 4.79 Å². The molecule has 0 saturated carbocycles. The third-order valence-corrected chi connectivity index (χ3v) is 4.83. The maximum absolute atomic E-state index is 12.6. The molecule has 0 aromatic carbocycles. The van der Waals surface area contributed by atoms with E-state index >= 15 is 0 Å². The molecule has 1 atom stereocenters. The van der Waals surface area contributed by atoms with Crippen molar-refractivity contribution in [3.8, 4) is 0 Å². The standard InChI is InChI=1S/C18H25N5O3/c1-12(2)23-11-19-21-16(23)14-4-7-22(8-5-14)18(25)13(3)20-17(24)15-6-9-26-10-15/h6,9-14H,4-5,7-8H2,1-3H3,(H,20,24). The molecule has 1 aliphatic heterocycles. The zero-order valence-electron chi connectivity index (χ0n) is 15.4. The van der Waals surface area contributed by atoms with Gasteiger partial charge in [0.1, 0.15) is 24.5 Å². The third kappa shape index (κ3) is 3.79. The van der Waals surface area contributed by atoms with Gasteiger partial charge in [0.05, 0.1) is 11.8 Å². The molecule has 0 bridgehead atoms. The molecule has 0 radical (unpaired) electrons. The normalized spacial score (nSPS) is 16.7. The van der Waals surface area contributed by atoms with Crippen molar-refractivity contribution in [1.29, 1.82) is 0 Å². The summed E-state index contributed by atoms with van der Waals surface area (Å²) in [5.41, 5.74) is 0.413. The van der Waals surface area contributed by atoms with Crippen molar-refractivity contribution in [3.05, 3.63) is 36.3 Å². The van der Waals surface area contributed by atoms with Crippen LogP contribution in [0, 0.1) is 0 Å². The number of carbonyl (C=O) groups excluding carboxylic acids is 2. The molecule has 26 heavy (non-hydrogen) atoms. The predicted molar refractivity (Wildman–Crippen MR) is 94.6 cm³/mol. The van der Waals surface area contributed by atoms with Crippen molar-refractivity contribution in [3.63, 3.8) is 0 Å². The van der Waals surface area contributed by atoms with Crippen molar-refractivity contribution in [2.45, 2.75) is 51.6 Å². The predicted octanol–water partition coefficient (Wildman–Crippen LogP) is 1.98. The lowest BCUT2D eigenvalue weighted by Gasteiger charge is -2.33. The number of hydrogen-bond donors (Lipinski definition) is 1. The second kappa shape index (κ2) is 7.72. The van der Waals surface area contributed by atoms with E-state index in [1.54, 1.807) is 19.3 Å². The molecule has 2 aromatic heterocycles. The van der Waals surface area contributed by atoms with Crippen LogP contribution < -0.4 is 5.32 Å². The van der Waals surface area contributed by atoms with E-state index in [9.17, 15) is 9.59 Å². The summed E-state index contributed by atoms with van der Waals surface area (Å²) < 4.78 is 6.99. The largest absolute Gasteiger partial charge is 0.472 e. The van der Waals surface area contributed by atoms with Gasteiger partial charge in [0, 0.05) is 25.0 Å². The molecule has 2 amide bonds. The molecule has 0 aliphatic carbocycles. The van der Waals surface area contributed by atoms with E-state index in [4.69, 9.17) is 4.42 Å². The van der Waals surface area contributed by atoms with Crippen LogP contribution in [-0.4, -0.2) is 50.6 Å². The Morgan fingerprint density at radius 1 is 1.27 bits per heavy atom. The number of likely N-dealkylation sites (tertiary alicyclic amines) is 1. The van der Waals surface area contributed by atoms with E-state index < -0.39 is 6.04 Å². The molecule has 1 unspecified atom stereocenters. The lowest BCUT2D eigenvalue weighted by atomic mass is 9.95. The molecule has 3 heterocycles. The SMILES string of the molecule is CC(NC(=O)c1ccoc1)C(=O)N1CCC(c2nncn2C(C)C)CC1. The Labute approximate surface area is 152 Å². The summed E-state index contributed by atoms with van der Waals surface area (Å²) in [6.07, 6.45) is 6.26. The molecular weight excluding hydrogens is 334 g/mol. The van der Waals surface area contributed by atoms with Gasteiger partial charge in [-0.15, -0.1) is 10.2 Å². The first-order valence-corrected chi connectivity index (χ1v) is 8.98. The molecule has 0 spiro atoms. The van der Waals surface area contributed by atoms with E-state index in [0.717, 1.165) is 18.7 Å². The topological polar surface area (TPSA) is 93.3 Å². The quantitative estimate of drug-likeness (QED) is 0.881. The molecule has 2 aromatic rings. The zero-order chi connectivity index (χ0) is 18.7. The monoisotopic (exact) mass is 359 g/mol. The average molecular weight is 359 g/mol. The average Bonchev–Trinajstić information content (AvgIpc) is 3.32. The lowest BCUT2D eigenvalue weighted by Crippen LogP contribution is -2.49. The first kappa shape index (κ1) is 18.2. The molecule has 3 rings (SSSR count). The molecule has 1 fully saturated rings. The van der Waals surface area contributed by atoms with Crippen molar-refractivity contribution in [2.75, 3.05) is 13.1 Å². The number of carbonyl (C=O) groups is 2. The molecule has 8 nitrogen and oxygen atoms in total. The van der Waals surface area contributed by atoms with E-state index in [-0.39, 0.29) is 11.8 Å².